The van der Waals surface area contributed by atoms with Crippen molar-refractivity contribution in [3.63, 3.8) is 0 Å². The van der Waals surface area contributed by atoms with E-state index in [1.807, 2.05) is 0 Å². The molecule has 0 aliphatic carbocycles. The van der Waals surface area contributed by atoms with Crippen molar-refractivity contribution in [2.24, 2.45) is 4.99 Å². The molecule has 0 spiro atoms. The highest BCUT2D eigenvalue weighted by Crippen LogP contribution is 2.13. The molecule has 0 aromatic rings. The number of rotatable bonds is 17. The number of hydrogen-bond donors (Lipinski definition) is 1. The van der Waals surface area contributed by atoms with Crippen molar-refractivity contribution in [2.75, 3.05) is 26.2 Å². The molecule has 0 aromatic heterocycles. The van der Waals surface area contributed by atoms with Gasteiger partial charge >= 0.3 is 0 Å². The summed E-state index contributed by atoms with van der Waals surface area (Å²) >= 11 is 0. The Kier molecular flexibility index (Phi) is 18.8. The molecule has 1 aliphatic heterocycles. The predicted molar refractivity (Wildman–Crippen MR) is 118 cm³/mol. The van der Waals surface area contributed by atoms with Gasteiger partial charge in [-0.25, -0.2) is 0 Å². The van der Waals surface area contributed by atoms with Crippen LogP contribution in [0, 0.1) is 0 Å². The van der Waals surface area contributed by atoms with Crippen molar-refractivity contribution in [3.05, 3.63) is 12.2 Å². The summed E-state index contributed by atoms with van der Waals surface area (Å²) in [4.78, 5) is 6.72. The number of unbranched alkanes of at least 4 members (excludes halogenated alkanes) is 12. The number of hydrogen-bond acceptors (Lipinski definition) is 3. The summed E-state index contributed by atoms with van der Waals surface area (Å²) in [6.07, 6.45) is 23.7. The van der Waals surface area contributed by atoms with Gasteiger partial charge in [-0.05, 0) is 12.8 Å². The number of nitrogens with zero attached hydrogens (tertiary/aromatic N) is 2. The number of aliphatic imine (C=N–C) groups is 1. The Hall–Kier alpha value is -0.540. The summed E-state index contributed by atoms with van der Waals surface area (Å²) in [5, 5.41) is 9.03. The molecule has 0 amide bonds. The van der Waals surface area contributed by atoms with E-state index in [4.69, 9.17) is 5.11 Å². The average molecular weight is 387 g/mol. The molecule has 1 heterocycles. The van der Waals surface area contributed by atoms with E-state index in [-0.39, 0.29) is 19.0 Å². The second-order valence-corrected chi connectivity index (χ2v) is 7.36. The molecule has 1 rings (SSSR count). The molecular formula is C22H43ClN2O. The first-order valence-corrected chi connectivity index (χ1v) is 10.9. The fourth-order valence-corrected chi connectivity index (χ4v) is 3.49. The average Bonchev–Trinajstić information content (AvgIpc) is 3.06. The van der Waals surface area contributed by atoms with Gasteiger partial charge in [0.1, 0.15) is 5.84 Å². The summed E-state index contributed by atoms with van der Waals surface area (Å²) in [6.45, 7) is 5.10. The SMILES string of the molecule is CCCCCCCCCCCCCC/C=C/CC1=NCCN1CCO.Cl. The maximum Gasteiger partial charge on any atom is 0.103 e. The molecule has 1 N–H and O–H groups in total. The van der Waals surface area contributed by atoms with Crippen molar-refractivity contribution < 1.29 is 5.11 Å². The Balaban J connectivity index is 0.00000625. The number of halogens is 1. The van der Waals surface area contributed by atoms with Crippen molar-refractivity contribution >= 4 is 18.2 Å². The first-order chi connectivity index (χ1) is 12.4. The van der Waals surface area contributed by atoms with Crippen LogP contribution in [0.3, 0.4) is 0 Å². The molecule has 154 valence electrons. The highest BCUT2D eigenvalue weighted by Gasteiger charge is 2.13. The molecule has 3 nitrogen and oxygen atoms in total. The van der Waals surface area contributed by atoms with Gasteiger partial charge in [0.15, 0.2) is 0 Å². The largest absolute Gasteiger partial charge is 0.395 e. The van der Waals surface area contributed by atoms with Gasteiger partial charge in [0, 0.05) is 19.5 Å². The standard InChI is InChI=1S/C22H42N2O.ClH/c1-2-3-4-5-6-7-8-9-10-11-12-13-14-15-16-17-22-23-18-19-24(22)20-21-25;/h15-16,25H,2-14,17-21H2,1H3;1H/b16-15+;. The van der Waals surface area contributed by atoms with Crippen LogP contribution < -0.4 is 0 Å². The monoisotopic (exact) mass is 386 g/mol. The fraction of sp³-hybridized carbons (Fsp3) is 0.864. The summed E-state index contributed by atoms with van der Waals surface area (Å²) < 4.78 is 0. The Morgan fingerprint density at radius 1 is 0.885 bits per heavy atom. The topological polar surface area (TPSA) is 35.8 Å². The van der Waals surface area contributed by atoms with Gasteiger partial charge in [0.05, 0.1) is 13.2 Å². The first-order valence-electron chi connectivity index (χ1n) is 10.9. The fourth-order valence-electron chi connectivity index (χ4n) is 3.49. The second-order valence-electron chi connectivity index (χ2n) is 7.36. The molecule has 1 aliphatic rings. The van der Waals surface area contributed by atoms with Crippen LogP contribution >= 0.6 is 12.4 Å². The third-order valence-corrected chi connectivity index (χ3v) is 5.09. The van der Waals surface area contributed by atoms with E-state index >= 15 is 0 Å². The Morgan fingerprint density at radius 2 is 1.46 bits per heavy atom. The van der Waals surface area contributed by atoms with E-state index in [9.17, 15) is 0 Å². The summed E-state index contributed by atoms with van der Waals surface area (Å²) in [5.41, 5.74) is 0. The zero-order chi connectivity index (χ0) is 18.0. The molecule has 0 aromatic carbocycles. The molecule has 0 atom stereocenters. The quantitative estimate of drug-likeness (QED) is 0.240. The lowest BCUT2D eigenvalue weighted by Crippen LogP contribution is -2.30. The zero-order valence-electron chi connectivity index (χ0n) is 17.1. The molecular weight excluding hydrogens is 344 g/mol. The van der Waals surface area contributed by atoms with Crippen molar-refractivity contribution in [1.82, 2.24) is 4.90 Å². The predicted octanol–water partition coefficient (Wildman–Crippen LogP) is 6.15. The highest BCUT2D eigenvalue weighted by atomic mass is 35.5. The van der Waals surface area contributed by atoms with E-state index in [0.29, 0.717) is 0 Å². The van der Waals surface area contributed by atoms with Crippen LogP contribution in [0.1, 0.15) is 96.8 Å². The van der Waals surface area contributed by atoms with Crippen molar-refractivity contribution in [3.8, 4) is 0 Å². The van der Waals surface area contributed by atoms with Crippen LogP contribution in [0.4, 0.5) is 0 Å². The lowest BCUT2D eigenvalue weighted by molar-refractivity contribution is 0.255. The van der Waals surface area contributed by atoms with Crippen molar-refractivity contribution in [1.29, 1.82) is 0 Å². The molecule has 26 heavy (non-hydrogen) atoms. The summed E-state index contributed by atoms with van der Waals surface area (Å²) in [6, 6.07) is 0. The van der Waals surface area contributed by atoms with Crippen LogP contribution in [0.2, 0.25) is 0 Å². The van der Waals surface area contributed by atoms with Gasteiger partial charge in [-0.3, -0.25) is 4.99 Å². The van der Waals surface area contributed by atoms with Crippen LogP contribution in [0.15, 0.2) is 17.1 Å². The number of amidine groups is 1. The minimum absolute atomic E-state index is 0. The highest BCUT2D eigenvalue weighted by molar-refractivity contribution is 5.85. The van der Waals surface area contributed by atoms with E-state index in [2.05, 4.69) is 29.0 Å². The number of allylic oxidation sites excluding steroid dienone is 1. The molecule has 0 unspecified atom stereocenters. The van der Waals surface area contributed by atoms with Crippen LogP contribution in [-0.4, -0.2) is 42.1 Å². The maximum absolute atomic E-state index is 9.03. The van der Waals surface area contributed by atoms with Gasteiger partial charge in [-0.15, -0.1) is 12.4 Å². The Morgan fingerprint density at radius 3 is 2.04 bits per heavy atom. The first kappa shape index (κ1) is 25.5. The minimum Gasteiger partial charge on any atom is -0.395 e. The Bertz CT molecular complexity index is 358. The summed E-state index contributed by atoms with van der Waals surface area (Å²) in [5.74, 6) is 1.15. The van der Waals surface area contributed by atoms with Crippen LogP contribution in [-0.2, 0) is 0 Å². The van der Waals surface area contributed by atoms with Gasteiger partial charge < -0.3 is 10.0 Å². The van der Waals surface area contributed by atoms with E-state index in [1.165, 1.54) is 83.5 Å². The lowest BCUT2D eigenvalue weighted by Gasteiger charge is -2.17. The van der Waals surface area contributed by atoms with Gasteiger partial charge in [-0.1, -0.05) is 89.7 Å². The smallest absolute Gasteiger partial charge is 0.103 e. The molecule has 0 saturated carbocycles. The normalized spacial score (nSPS) is 14.1. The lowest BCUT2D eigenvalue weighted by atomic mass is 10.0. The maximum atomic E-state index is 9.03. The third kappa shape index (κ3) is 13.6. The van der Waals surface area contributed by atoms with Crippen LogP contribution in [0.5, 0.6) is 0 Å². The number of β-amino-alcohol motifs (C(OH)–C–C–N with tert-alkyl or cyclic N) is 1. The van der Waals surface area contributed by atoms with E-state index in [1.54, 1.807) is 0 Å². The molecule has 4 heteroatoms. The Labute approximate surface area is 168 Å². The van der Waals surface area contributed by atoms with E-state index < -0.39 is 0 Å². The molecule has 0 saturated heterocycles. The van der Waals surface area contributed by atoms with Crippen molar-refractivity contribution in [2.45, 2.75) is 96.8 Å². The van der Waals surface area contributed by atoms with Crippen LogP contribution in [0.25, 0.3) is 0 Å². The minimum atomic E-state index is 0. The number of aliphatic hydroxyl groups is 1. The number of aliphatic hydroxyl groups excluding tert-OH is 1. The van der Waals surface area contributed by atoms with Gasteiger partial charge in [0.2, 0.25) is 0 Å². The molecule has 0 bridgehead atoms. The molecule has 0 radical (unpaired) electrons. The second kappa shape index (κ2) is 19.2. The summed E-state index contributed by atoms with van der Waals surface area (Å²) in [7, 11) is 0. The van der Waals surface area contributed by atoms with Gasteiger partial charge in [-0.2, -0.15) is 0 Å². The van der Waals surface area contributed by atoms with E-state index in [0.717, 1.165) is 31.9 Å². The third-order valence-electron chi connectivity index (χ3n) is 5.09. The van der Waals surface area contributed by atoms with Gasteiger partial charge in [0.25, 0.3) is 0 Å². The molecule has 0 fully saturated rings. The zero-order valence-corrected chi connectivity index (χ0v) is 17.9.